The van der Waals surface area contributed by atoms with E-state index < -0.39 is 11.7 Å². The van der Waals surface area contributed by atoms with E-state index in [4.69, 9.17) is 29.0 Å². The van der Waals surface area contributed by atoms with E-state index in [0.29, 0.717) is 29.5 Å². The van der Waals surface area contributed by atoms with Crippen molar-refractivity contribution in [3.8, 4) is 0 Å². The summed E-state index contributed by atoms with van der Waals surface area (Å²) in [5.41, 5.74) is 0.302. The van der Waals surface area contributed by atoms with Crippen molar-refractivity contribution in [1.82, 2.24) is 14.9 Å². The minimum atomic E-state index is -0.738. The van der Waals surface area contributed by atoms with Crippen LogP contribution in [0.1, 0.15) is 31.2 Å². The van der Waals surface area contributed by atoms with Crippen LogP contribution in [0, 0.1) is 0 Å². The maximum atomic E-state index is 9.55. The van der Waals surface area contributed by atoms with Gasteiger partial charge in [0.15, 0.2) is 22.5 Å². The number of fused-ring (bicyclic) bond motifs is 1. The number of hydrazine groups is 1. The molecule has 1 aromatic rings. The van der Waals surface area contributed by atoms with Crippen LogP contribution in [0.3, 0.4) is 0 Å². The van der Waals surface area contributed by atoms with Crippen LogP contribution < -0.4 is 10.9 Å². The van der Waals surface area contributed by atoms with Crippen molar-refractivity contribution in [3.63, 3.8) is 0 Å². The van der Waals surface area contributed by atoms with Crippen molar-refractivity contribution in [1.29, 1.82) is 0 Å². The summed E-state index contributed by atoms with van der Waals surface area (Å²) in [7, 11) is 0. The molecule has 1 aromatic heterocycles. The van der Waals surface area contributed by atoms with Crippen molar-refractivity contribution >= 4 is 34.9 Å². The molecule has 0 radical (unpaired) electrons. The van der Waals surface area contributed by atoms with Gasteiger partial charge in [0.05, 0.1) is 11.8 Å². The number of aromatic nitrogens is 2. The highest BCUT2D eigenvalue weighted by Gasteiger charge is 2.32. The minimum Gasteiger partial charge on any atom is -0.393 e. The summed E-state index contributed by atoms with van der Waals surface area (Å²) in [6, 6.07) is 0. The molecule has 3 N–H and O–H groups in total. The number of aliphatic hydroxyl groups is 1. The summed E-state index contributed by atoms with van der Waals surface area (Å²) in [5.74, 6) is 7.10. The standard InChI is InChI=1S/C13H18Cl2N6O/c1-7(22)6-8-10(14)18-9-11(20-4-2-3-5-20)19-13(15)21(16)12(9)17-8/h7,13,22H,2-6,16H2,1H3/t7-,13?/m1/s1. The molecule has 0 spiro atoms. The Bertz CT molecular complexity index is 602. The van der Waals surface area contributed by atoms with Crippen molar-refractivity contribution in [2.75, 3.05) is 18.1 Å². The molecule has 0 aromatic carbocycles. The largest absolute Gasteiger partial charge is 0.393 e. The summed E-state index contributed by atoms with van der Waals surface area (Å²) < 4.78 is 0. The zero-order chi connectivity index (χ0) is 15.9. The Labute approximate surface area is 138 Å². The SMILES string of the molecule is C[C@@H](O)Cc1nc2c(nc1Cl)C(N1CCCC1)=NC(Cl)N2N. The predicted octanol–water partition coefficient (Wildman–Crippen LogP) is 1.11. The Balaban J connectivity index is 2.05. The molecular weight excluding hydrogens is 327 g/mol. The van der Waals surface area contributed by atoms with Gasteiger partial charge in [-0.3, -0.25) is 5.01 Å². The number of rotatable bonds is 2. The van der Waals surface area contributed by atoms with E-state index in [1.165, 1.54) is 5.01 Å². The first-order chi connectivity index (χ1) is 10.5. The van der Waals surface area contributed by atoms with Crippen LogP contribution >= 0.6 is 23.2 Å². The quantitative estimate of drug-likeness (QED) is 0.474. The zero-order valence-electron chi connectivity index (χ0n) is 12.2. The number of hydrogen-bond donors (Lipinski definition) is 2. The van der Waals surface area contributed by atoms with Crippen molar-refractivity contribution in [2.24, 2.45) is 10.8 Å². The number of halogens is 2. The molecule has 1 fully saturated rings. The normalized spacial score (nSPS) is 22.6. The molecule has 0 bridgehead atoms. The Hall–Kier alpha value is -1.15. The van der Waals surface area contributed by atoms with Gasteiger partial charge >= 0.3 is 0 Å². The molecule has 1 saturated heterocycles. The Morgan fingerprint density at radius 1 is 1.36 bits per heavy atom. The number of nitrogens with zero attached hydrogens (tertiary/aromatic N) is 5. The first-order valence-corrected chi connectivity index (χ1v) is 8.04. The van der Waals surface area contributed by atoms with Gasteiger partial charge in [0.1, 0.15) is 0 Å². The first-order valence-electron chi connectivity index (χ1n) is 7.23. The second-order valence-corrected chi connectivity index (χ2v) is 6.30. The van der Waals surface area contributed by atoms with Crippen molar-refractivity contribution in [3.05, 3.63) is 16.5 Å². The third kappa shape index (κ3) is 2.86. The fourth-order valence-electron chi connectivity index (χ4n) is 2.66. The average Bonchev–Trinajstić information content (AvgIpc) is 2.98. The van der Waals surface area contributed by atoms with Crippen LogP contribution in [0.5, 0.6) is 0 Å². The molecule has 3 rings (SSSR count). The van der Waals surface area contributed by atoms with Gasteiger partial charge < -0.3 is 10.0 Å². The molecule has 0 aliphatic carbocycles. The Morgan fingerprint density at radius 2 is 2.05 bits per heavy atom. The van der Waals surface area contributed by atoms with Crippen LogP contribution in [0.15, 0.2) is 4.99 Å². The van der Waals surface area contributed by atoms with Gasteiger partial charge in [-0.25, -0.2) is 20.8 Å². The van der Waals surface area contributed by atoms with Crippen LogP contribution in [-0.4, -0.2) is 50.6 Å². The Kier molecular flexibility index (Phi) is 4.40. The molecule has 2 atom stereocenters. The van der Waals surface area contributed by atoms with Crippen LogP contribution in [0.25, 0.3) is 0 Å². The number of aliphatic hydroxyl groups excluding tert-OH is 1. The molecule has 2 aliphatic heterocycles. The summed E-state index contributed by atoms with van der Waals surface area (Å²) >= 11 is 12.4. The van der Waals surface area contributed by atoms with E-state index in [1.54, 1.807) is 6.92 Å². The molecule has 0 amide bonds. The minimum absolute atomic E-state index is 0.257. The second kappa shape index (κ2) is 6.16. The number of likely N-dealkylation sites (tertiary alicyclic amines) is 1. The summed E-state index contributed by atoms with van der Waals surface area (Å²) in [4.78, 5) is 15.4. The molecule has 1 unspecified atom stereocenters. The lowest BCUT2D eigenvalue weighted by atomic mass is 10.2. The fourth-order valence-corrected chi connectivity index (χ4v) is 3.05. The molecular formula is C13H18Cl2N6O. The Morgan fingerprint density at radius 3 is 2.68 bits per heavy atom. The number of nitrogens with two attached hydrogens (primary N) is 1. The van der Waals surface area contributed by atoms with Crippen molar-refractivity contribution in [2.45, 2.75) is 37.9 Å². The molecule has 2 aliphatic rings. The van der Waals surface area contributed by atoms with Gasteiger partial charge in [-0.1, -0.05) is 23.2 Å². The number of alkyl halides is 1. The highest BCUT2D eigenvalue weighted by molar-refractivity contribution is 6.30. The number of amidine groups is 1. The van der Waals surface area contributed by atoms with Crippen LogP contribution in [0.2, 0.25) is 5.15 Å². The summed E-state index contributed by atoms with van der Waals surface area (Å²) in [5, 5.41) is 11.1. The smallest absolute Gasteiger partial charge is 0.214 e. The lowest BCUT2D eigenvalue weighted by Crippen LogP contribution is -2.46. The molecule has 0 saturated carbocycles. The van der Waals surface area contributed by atoms with Gasteiger partial charge in [0.2, 0.25) is 5.62 Å². The topological polar surface area (TPSA) is 90.9 Å². The van der Waals surface area contributed by atoms with Gasteiger partial charge in [0.25, 0.3) is 0 Å². The van der Waals surface area contributed by atoms with Gasteiger partial charge in [-0.2, -0.15) is 0 Å². The van der Waals surface area contributed by atoms with Gasteiger partial charge in [-0.15, -0.1) is 0 Å². The van der Waals surface area contributed by atoms with E-state index in [9.17, 15) is 5.11 Å². The van der Waals surface area contributed by atoms with Crippen LogP contribution in [-0.2, 0) is 6.42 Å². The zero-order valence-corrected chi connectivity index (χ0v) is 13.7. The lowest BCUT2D eigenvalue weighted by Gasteiger charge is -2.31. The highest BCUT2D eigenvalue weighted by atomic mass is 35.5. The number of anilines is 1. The maximum absolute atomic E-state index is 9.55. The third-order valence-electron chi connectivity index (χ3n) is 3.71. The molecule has 3 heterocycles. The molecule has 22 heavy (non-hydrogen) atoms. The van der Waals surface area contributed by atoms with E-state index in [1.807, 2.05) is 0 Å². The fraction of sp³-hybridized carbons (Fsp3) is 0.615. The van der Waals surface area contributed by atoms with E-state index in [-0.39, 0.29) is 5.15 Å². The van der Waals surface area contributed by atoms with Crippen molar-refractivity contribution < 1.29 is 5.11 Å². The van der Waals surface area contributed by atoms with E-state index >= 15 is 0 Å². The van der Waals surface area contributed by atoms with Gasteiger partial charge in [0, 0.05) is 19.5 Å². The molecule has 9 heteroatoms. The lowest BCUT2D eigenvalue weighted by molar-refractivity contribution is 0.194. The predicted molar refractivity (Wildman–Crippen MR) is 86.1 cm³/mol. The first kappa shape index (κ1) is 15.7. The molecule has 120 valence electrons. The van der Waals surface area contributed by atoms with E-state index in [0.717, 1.165) is 25.9 Å². The molecule has 7 nitrogen and oxygen atoms in total. The average molecular weight is 345 g/mol. The third-order valence-corrected chi connectivity index (χ3v) is 4.32. The second-order valence-electron chi connectivity index (χ2n) is 5.55. The van der Waals surface area contributed by atoms with Crippen LogP contribution in [0.4, 0.5) is 5.82 Å². The van der Waals surface area contributed by atoms with Gasteiger partial charge in [-0.05, 0) is 19.8 Å². The van der Waals surface area contributed by atoms with E-state index in [2.05, 4.69) is 19.9 Å². The monoisotopic (exact) mass is 344 g/mol. The number of hydrogen-bond acceptors (Lipinski definition) is 7. The highest BCUT2D eigenvalue weighted by Crippen LogP contribution is 2.29. The summed E-state index contributed by atoms with van der Waals surface area (Å²) in [6.45, 7) is 3.47. The number of aliphatic imine (C=N–C) groups is 1. The maximum Gasteiger partial charge on any atom is 0.214 e. The summed E-state index contributed by atoms with van der Waals surface area (Å²) in [6.07, 6.45) is 1.94.